The summed E-state index contributed by atoms with van der Waals surface area (Å²) in [6, 6.07) is 13.2. The van der Waals surface area contributed by atoms with Gasteiger partial charge in [0.15, 0.2) is 0 Å². The molecule has 6 heteroatoms. The second kappa shape index (κ2) is 6.29. The molecule has 1 unspecified atom stereocenters. The van der Waals surface area contributed by atoms with E-state index >= 15 is 0 Å². The first kappa shape index (κ1) is 16.3. The molecule has 1 aromatic heterocycles. The van der Waals surface area contributed by atoms with E-state index in [2.05, 4.69) is 29.0 Å². The zero-order chi connectivity index (χ0) is 18.3. The summed E-state index contributed by atoms with van der Waals surface area (Å²) in [4.78, 5) is 43.0. The molecule has 6 nitrogen and oxygen atoms in total. The molecule has 1 amide bonds. The van der Waals surface area contributed by atoms with Crippen molar-refractivity contribution in [3.63, 3.8) is 0 Å². The van der Waals surface area contributed by atoms with E-state index in [-0.39, 0.29) is 11.9 Å². The topological polar surface area (TPSA) is 86.0 Å². The van der Waals surface area contributed by atoms with Gasteiger partial charge in [-0.1, -0.05) is 24.3 Å². The van der Waals surface area contributed by atoms with Crippen molar-refractivity contribution in [3.05, 3.63) is 79.9 Å². The highest BCUT2D eigenvalue weighted by Crippen LogP contribution is 2.34. The van der Waals surface area contributed by atoms with Crippen LogP contribution in [0, 0.1) is 6.92 Å². The minimum absolute atomic E-state index is 0.0639. The SMILES string of the molecule is Cc1ccccc1C1CCCN1C(=O)c1ccc2[nH]c(=O)c(=O)[nH]c2c1. The first-order valence-corrected chi connectivity index (χ1v) is 8.67. The number of nitrogens with one attached hydrogen (secondary N) is 2. The number of rotatable bonds is 2. The van der Waals surface area contributed by atoms with Crippen LogP contribution in [0.4, 0.5) is 0 Å². The number of benzene rings is 2. The van der Waals surface area contributed by atoms with Crippen molar-refractivity contribution in [1.82, 2.24) is 14.9 Å². The second-order valence-electron chi connectivity index (χ2n) is 6.68. The standard InChI is InChI=1S/C20H19N3O3/c1-12-5-2-3-6-14(12)17-7-4-10-23(17)20(26)13-8-9-15-16(11-13)22-19(25)18(24)21-15/h2-3,5-6,8-9,11,17H,4,7,10H2,1H3,(H,21,24)(H,22,25). The van der Waals surface area contributed by atoms with E-state index in [1.54, 1.807) is 18.2 Å². The Hall–Kier alpha value is -3.15. The number of aromatic nitrogens is 2. The number of carbonyl (C=O) groups excluding carboxylic acids is 1. The number of nitrogens with zero attached hydrogens (tertiary/aromatic N) is 1. The Morgan fingerprint density at radius 3 is 2.54 bits per heavy atom. The Bertz CT molecular complexity index is 1110. The first-order chi connectivity index (χ1) is 12.5. The van der Waals surface area contributed by atoms with Gasteiger partial charge in [0.25, 0.3) is 5.91 Å². The summed E-state index contributed by atoms with van der Waals surface area (Å²) in [5.41, 5.74) is 2.39. The Morgan fingerprint density at radius 1 is 1.04 bits per heavy atom. The molecule has 2 N–H and O–H groups in total. The lowest BCUT2D eigenvalue weighted by Crippen LogP contribution is -2.31. The fourth-order valence-corrected chi connectivity index (χ4v) is 3.71. The van der Waals surface area contributed by atoms with Crippen LogP contribution < -0.4 is 11.1 Å². The van der Waals surface area contributed by atoms with Crippen LogP contribution in [-0.2, 0) is 0 Å². The van der Waals surface area contributed by atoms with E-state index in [1.165, 1.54) is 11.1 Å². The smallest absolute Gasteiger partial charge is 0.314 e. The molecule has 132 valence electrons. The van der Waals surface area contributed by atoms with Crippen LogP contribution >= 0.6 is 0 Å². The number of hydrogen-bond acceptors (Lipinski definition) is 3. The minimum atomic E-state index is -0.721. The molecule has 0 radical (unpaired) electrons. The Kier molecular flexibility index (Phi) is 3.95. The van der Waals surface area contributed by atoms with Gasteiger partial charge < -0.3 is 14.9 Å². The normalized spacial score (nSPS) is 17.0. The Labute approximate surface area is 149 Å². The lowest BCUT2D eigenvalue weighted by Gasteiger charge is -2.26. The molecule has 1 saturated heterocycles. The predicted molar refractivity (Wildman–Crippen MR) is 99.4 cm³/mol. The monoisotopic (exact) mass is 349 g/mol. The van der Waals surface area contributed by atoms with Crippen LogP contribution in [-0.4, -0.2) is 27.3 Å². The summed E-state index contributed by atoms with van der Waals surface area (Å²) in [5.74, 6) is -0.0651. The van der Waals surface area contributed by atoms with Gasteiger partial charge in [-0.2, -0.15) is 0 Å². The number of likely N-dealkylation sites (tertiary alicyclic amines) is 1. The summed E-state index contributed by atoms with van der Waals surface area (Å²) in [6.45, 7) is 2.77. The van der Waals surface area contributed by atoms with Crippen LogP contribution in [0.15, 0.2) is 52.1 Å². The van der Waals surface area contributed by atoms with Gasteiger partial charge in [-0.25, -0.2) is 0 Å². The maximum absolute atomic E-state index is 13.1. The summed E-state index contributed by atoms with van der Waals surface area (Å²) in [6.07, 6.45) is 1.90. The zero-order valence-corrected chi connectivity index (χ0v) is 14.4. The van der Waals surface area contributed by atoms with Crippen molar-refractivity contribution < 1.29 is 4.79 Å². The first-order valence-electron chi connectivity index (χ1n) is 8.67. The highest BCUT2D eigenvalue weighted by Gasteiger charge is 2.31. The maximum Gasteiger partial charge on any atom is 0.314 e. The van der Waals surface area contributed by atoms with E-state index < -0.39 is 11.1 Å². The third-order valence-corrected chi connectivity index (χ3v) is 5.03. The molecule has 2 heterocycles. The molecule has 4 rings (SSSR count). The molecule has 1 atom stereocenters. The van der Waals surface area contributed by atoms with Crippen molar-refractivity contribution in [2.24, 2.45) is 0 Å². The molecule has 0 bridgehead atoms. The average molecular weight is 349 g/mol. The molecule has 0 aliphatic carbocycles. The van der Waals surface area contributed by atoms with Gasteiger partial charge in [-0.05, 0) is 49.1 Å². The summed E-state index contributed by atoms with van der Waals surface area (Å²) in [5, 5.41) is 0. The van der Waals surface area contributed by atoms with Gasteiger partial charge in [0, 0.05) is 12.1 Å². The van der Waals surface area contributed by atoms with Crippen molar-refractivity contribution in [2.75, 3.05) is 6.54 Å². The average Bonchev–Trinajstić information content (AvgIpc) is 3.11. The van der Waals surface area contributed by atoms with Crippen LogP contribution in [0.3, 0.4) is 0 Å². The Morgan fingerprint density at radius 2 is 1.77 bits per heavy atom. The maximum atomic E-state index is 13.1. The van der Waals surface area contributed by atoms with Gasteiger partial charge in [0.05, 0.1) is 17.1 Å². The number of amides is 1. The van der Waals surface area contributed by atoms with Crippen molar-refractivity contribution in [3.8, 4) is 0 Å². The molecule has 1 aliphatic heterocycles. The Balaban J connectivity index is 1.71. The fraction of sp³-hybridized carbons (Fsp3) is 0.250. The van der Waals surface area contributed by atoms with Gasteiger partial charge in [-0.3, -0.25) is 14.4 Å². The molecular formula is C20H19N3O3. The predicted octanol–water partition coefficient (Wildman–Crippen LogP) is 2.50. The third kappa shape index (κ3) is 2.73. The number of H-pyrrole nitrogens is 2. The van der Waals surface area contributed by atoms with E-state index in [1.807, 2.05) is 17.0 Å². The molecule has 0 saturated carbocycles. The molecule has 3 aromatic rings. The minimum Gasteiger partial charge on any atom is -0.332 e. The number of aryl methyl sites for hydroxylation is 1. The van der Waals surface area contributed by atoms with Crippen LogP contribution in [0.2, 0.25) is 0 Å². The highest BCUT2D eigenvalue weighted by molar-refractivity contribution is 5.97. The zero-order valence-electron chi connectivity index (χ0n) is 14.4. The molecular weight excluding hydrogens is 330 g/mol. The largest absolute Gasteiger partial charge is 0.332 e. The number of aromatic amines is 2. The number of hydrogen-bond donors (Lipinski definition) is 2. The summed E-state index contributed by atoms with van der Waals surface area (Å²) >= 11 is 0. The lowest BCUT2D eigenvalue weighted by molar-refractivity contribution is 0.0735. The van der Waals surface area contributed by atoms with E-state index in [9.17, 15) is 14.4 Å². The van der Waals surface area contributed by atoms with Crippen LogP contribution in [0.5, 0.6) is 0 Å². The van der Waals surface area contributed by atoms with Gasteiger partial charge in [0.2, 0.25) is 0 Å². The van der Waals surface area contributed by atoms with Crippen LogP contribution in [0.1, 0.15) is 40.4 Å². The van der Waals surface area contributed by atoms with Gasteiger partial charge in [-0.15, -0.1) is 0 Å². The highest BCUT2D eigenvalue weighted by atomic mass is 16.2. The summed E-state index contributed by atoms with van der Waals surface area (Å²) < 4.78 is 0. The summed E-state index contributed by atoms with van der Waals surface area (Å²) in [7, 11) is 0. The van der Waals surface area contributed by atoms with Crippen LogP contribution in [0.25, 0.3) is 11.0 Å². The third-order valence-electron chi connectivity index (χ3n) is 5.03. The number of fused-ring (bicyclic) bond motifs is 1. The van der Waals surface area contributed by atoms with Gasteiger partial charge in [0.1, 0.15) is 0 Å². The lowest BCUT2D eigenvalue weighted by atomic mass is 9.99. The molecule has 1 aliphatic rings. The molecule has 26 heavy (non-hydrogen) atoms. The number of carbonyl (C=O) groups is 1. The van der Waals surface area contributed by atoms with Crippen molar-refractivity contribution >= 4 is 16.9 Å². The van der Waals surface area contributed by atoms with Gasteiger partial charge >= 0.3 is 11.1 Å². The quantitative estimate of drug-likeness (QED) is 0.697. The van der Waals surface area contributed by atoms with E-state index in [0.29, 0.717) is 23.1 Å². The van der Waals surface area contributed by atoms with E-state index in [4.69, 9.17) is 0 Å². The van der Waals surface area contributed by atoms with Crippen molar-refractivity contribution in [1.29, 1.82) is 0 Å². The second-order valence-corrected chi connectivity index (χ2v) is 6.68. The van der Waals surface area contributed by atoms with E-state index in [0.717, 1.165) is 12.8 Å². The molecule has 1 fully saturated rings. The van der Waals surface area contributed by atoms with Crippen molar-refractivity contribution in [2.45, 2.75) is 25.8 Å². The molecule has 0 spiro atoms. The fourth-order valence-electron chi connectivity index (χ4n) is 3.71. The molecule has 2 aromatic carbocycles.